The van der Waals surface area contributed by atoms with Gasteiger partial charge in [-0.2, -0.15) is 0 Å². The van der Waals surface area contributed by atoms with Crippen molar-refractivity contribution >= 4 is 34.4 Å². The second kappa shape index (κ2) is 10.4. The van der Waals surface area contributed by atoms with Crippen LogP contribution < -0.4 is 11.1 Å². The average Bonchev–Trinajstić information content (AvgIpc) is 3.53. The molecule has 1 saturated heterocycles. The number of aromatic carboxylic acids is 1. The number of rotatable bonds is 6. The topological polar surface area (TPSA) is 126 Å². The number of anilines is 1. The van der Waals surface area contributed by atoms with Crippen molar-refractivity contribution in [1.82, 2.24) is 4.90 Å². The molecule has 1 aliphatic carbocycles. The number of amides is 2. The van der Waals surface area contributed by atoms with Crippen molar-refractivity contribution in [3.8, 4) is 0 Å². The number of carboxylic acid groups (broad SMARTS) is 1. The number of fused-ring (bicyclic) bond motifs is 1. The van der Waals surface area contributed by atoms with E-state index < -0.39 is 12.0 Å². The fraction of sp³-hybridized carbons (Fsp3) is 0.414. The predicted molar refractivity (Wildman–Crippen MR) is 140 cm³/mol. The highest BCUT2D eigenvalue weighted by Gasteiger charge is 2.44. The highest BCUT2D eigenvalue weighted by Crippen LogP contribution is 2.38. The normalized spacial score (nSPS) is 24.6. The molecule has 1 saturated carbocycles. The van der Waals surface area contributed by atoms with Gasteiger partial charge < -0.3 is 25.5 Å². The Bertz CT molecular complexity index is 1290. The van der Waals surface area contributed by atoms with Gasteiger partial charge in [0.2, 0.25) is 17.6 Å². The predicted octanol–water partition coefficient (Wildman–Crippen LogP) is 4.61. The summed E-state index contributed by atoms with van der Waals surface area (Å²) in [6, 6.07) is 15.8. The molecule has 2 heterocycles. The molecule has 2 amide bonds. The van der Waals surface area contributed by atoms with Gasteiger partial charge in [-0.1, -0.05) is 30.3 Å². The Morgan fingerprint density at radius 2 is 1.76 bits per heavy atom. The molecule has 1 aromatic heterocycles. The minimum Gasteiger partial charge on any atom is -0.475 e. The van der Waals surface area contributed by atoms with Crippen LogP contribution in [0.1, 0.15) is 61.1 Å². The summed E-state index contributed by atoms with van der Waals surface area (Å²) in [4.78, 5) is 40.5. The van der Waals surface area contributed by atoms with Crippen molar-refractivity contribution in [3.05, 3.63) is 65.9 Å². The number of nitrogens with zero attached hydrogens (tertiary/aromatic N) is 1. The number of carbonyl (C=O) groups is 3. The van der Waals surface area contributed by atoms with E-state index in [2.05, 4.69) is 5.32 Å². The fourth-order valence-electron chi connectivity index (χ4n) is 5.98. The van der Waals surface area contributed by atoms with E-state index in [0.29, 0.717) is 35.5 Å². The van der Waals surface area contributed by atoms with Gasteiger partial charge in [-0.15, -0.1) is 0 Å². The highest BCUT2D eigenvalue weighted by atomic mass is 16.4. The quantitative estimate of drug-likeness (QED) is 0.451. The summed E-state index contributed by atoms with van der Waals surface area (Å²) in [7, 11) is 0. The van der Waals surface area contributed by atoms with Gasteiger partial charge in [0.1, 0.15) is 11.6 Å². The van der Waals surface area contributed by atoms with Crippen LogP contribution in [0.2, 0.25) is 0 Å². The number of carboxylic acids is 1. The fourth-order valence-corrected chi connectivity index (χ4v) is 5.98. The monoisotopic (exact) mass is 503 g/mol. The molecule has 2 aromatic carbocycles. The second-order valence-corrected chi connectivity index (χ2v) is 10.4. The van der Waals surface area contributed by atoms with Crippen molar-refractivity contribution < 1.29 is 23.9 Å². The van der Waals surface area contributed by atoms with E-state index in [1.807, 2.05) is 37.3 Å². The lowest BCUT2D eigenvalue weighted by molar-refractivity contribution is -0.141. The summed E-state index contributed by atoms with van der Waals surface area (Å²) in [5, 5.41) is 12.8. The SMILES string of the molecule is CC(N)[C@H]1CC[C@H](C(=O)N2CC[C@H](c3ccccc3)[C@H]2C(=O)Nc2ccc3oc(C(=O)O)cc3c2)CC1. The summed E-state index contributed by atoms with van der Waals surface area (Å²) in [5.41, 5.74) is 8.09. The molecule has 3 atom stereocenters. The van der Waals surface area contributed by atoms with Gasteiger partial charge in [0.05, 0.1) is 0 Å². The first-order chi connectivity index (χ1) is 17.8. The second-order valence-electron chi connectivity index (χ2n) is 10.4. The van der Waals surface area contributed by atoms with Crippen molar-refractivity contribution in [2.75, 3.05) is 11.9 Å². The number of nitrogens with two attached hydrogens (primary N) is 1. The van der Waals surface area contributed by atoms with Gasteiger partial charge in [0.25, 0.3) is 0 Å². The van der Waals surface area contributed by atoms with Crippen LogP contribution in [0.5, 0.6) is 0 Å². The molecule has 194 valence electrons. The van der Waals surface area contributed by atoms with Crippen molar-refractivity contribution in [2.24, 2.45) is 17.6 Å². The maximum absolute atomic E-state index is 13.7. The number of nitrogens with one attached hydrogen (secondary N) is 1. The Balaban J connectivity index is 1.38. The Kier molecular flexibility index (Phi) is 7.02. The lowest BCUT2D eigenvalue weighted by Gasteiger charge is -2.34. The van der Waals surface area contributed by atoms with Crippen LogP contribution in [0, 0.1) is 11.8 Å². The third-order valence-corrected chi connectivity index (χ3v) is 8.04. The Morgan fingerprint density at radius 1 is 1.03 bits per heavy atom. The number of furan rings is 1. The molecule has 37 heavy (non-hydrogen) atoms. The van der Waals surface area contributed by atoms with Gasteiger partial charge >= 0.3 is 5.97 Å². The molecular formula is C29H33N3O5. The summed E-state index contributed by atoms with van der Waals surface area (Å²) in [5.74, 6) is -1.25. The number of hydrogen-bond acceptors (Lipinski definition) is 5. The van der Waals surface area contributed by atoms with E-state index in [1.54, 1.807) is 23.1 Å². The van der Waals surface area contributed by atoms with Gasteiger partial charge in [0.15, 0.2) is 0 Å². The lowest BCUT2D eigenvalue weighted by atomic mass is 9.78. The standard InChI is InChI=1S/C29H33N3O5/c1-17(30)18-7-9-20(10-8-18)28(34)32-14-13-23(19-5-3-2-4-6-19)26(32)27(33)31-22-11-12-24-21(15-22)16-25(37-24)29(35)36/h2-6,11-12,15-18,20,23,26H,7-10,13-14,30H2,1H3,(H,31,33)(H,35,36)/t17?,18-,20-,23-,26+/m1/s1. The van der Waals surface area contributed by atoms with E-state index in [1.165, 1.54) is 6.07 Å². The molecular weight excluding hydrogens is 470 g/mol. The smallest absolute Gasteiger partial charge is 0.371 e. The minimum atomic E-state index is -1.15. The van der Waals surface area contributed by atoms with Crippen LogP contribution >= 0.6 is 0 Å². The molecule has 1 unspecified atom stereocenters. The Hall–Kier alpha value is -3.65. The maximum atomic E-state index is 13.7. The number of benzene rings is 2. The molecule has 2 fully saturated rings. The van der Waals surface area contributed by atoms with E-state index in [4.69, 9.17) is 10.2 Å². The van der Waals surface area contributed by atoms with E-state index in [9.17, 15) is 19.5 Å². The first-order valence-electron chi connectivity index (χ1n) is 13.0. The molecule has 5 rings (SSSR count). The summed E-state index contributed by atoms with van der Waals surface area (Å²) in [6.45, 7) is 2.56. The first-order valence-corrected chi connectivity index (χ1v) is 13.0. The summed E-state index contributed by atoms with van der Waals surface area (Å²) in [6.07, 6.45) is 4.18. The molecule has 1 aliphatic heterocycles. The first kappa shape index (κ1) is 25.0. The summed E-state index contributed by atoms with van der Waals surface area (Å²) >= 11 is 0. The zero-order valence-electron chi connectivity index (χ0n) is 20.9. The molecule has 0 bridgehead atoms. The Labute approximate surface area is 215 Å². The number of likely N-dealkylation sites (tertiary alicyclic amines) is 1. The van der Waals surface area contributed by atoms with Gasteiger partial charge in [-0.3, -0.25) is 9.59 Å². The van der Waals surface area contributed by atoms with Crippen molar-refractivity contribution in [2.45, 2.75) is 57.0 Å². The molecule has 8 nitrogen and oxygen atoms in total. The van der Waals surface area contributed by atoms with E-state index >= 15 is 0 Å². The van der Waals surface area contributed by atoms with E-state index in [-0.39, 0.29) is 35.5 Å². The van der Waals surface area contributed by atoms with E-state index in [0.717, 1.165) is 31.2 Å². The number of carbonyl (C=O) groups excluding carboxylic acids is 2. The molecule has 2 aliphatic rings. The van der Waals surface area contributed by atoms with Crippen LogP contribution in [0.15, 0.2) is 59.0 Å². The van der Waals surface area contributed by atoms with Crippen molar-refractivity contribution in [1.29, 1.82) is 0 Å². The third-order valence-electron chi connectivity index (χ3n) is 8.04. The molecule has 0 radical (unpaired) electrons. The minimum absolute atomic E-state index is 0.0538. The zero-order valence-corrected chi connectivity index (χ0v) is 20.9. The zero-order chi connectivity index (χ0) is 26.1. The largest absolute Gasteiger partial charge is 0.475 e. The lowest BCUT2D eigenvalue weighted by Crippen LogP contribution is -2.48. The molecule has 0 spiro atoms. The van der Waals surface area contributed by atoms with Crippen molar-refractivity contribution in [3.63, 3.8) is 0 Å². The average molecular weight is 504 g/mol. The van der Waals surface area contributed by atoms with Crippen LogP contribution in [0.3, 0.4) is 0 Å². The highest BCUT2D eigenvalue weighted by molar-refractivity contribution is 6.00. The van der Waals surface area contributed by atoms with Gasteiger partial charge in [-0.05, 0) is 74.8 Å². The molecule has 8 heteroatoms. The van der Waals surface area contributed by atoms with Gasteiger partial charge in [-0.25, -0.2) is 4.79 Å². The van der Waals surface area contributed by atoms with Crippen LogP contribution in [-0.4, -0.2) is 46.4 Å². The molecule has 4 N–H and O–H groups in total. The third kappa shape index (κ3) is 5.11. The van der Waals surface area contributed by atoms with Crippen LogP contribution in [0.25, 0.3) is 11.0 Å². The Morgan fingerprint density at radius 3 is 2.43 bits per heavy atom. The van der Waals surface area contributed by atoms with Gasteiger partial charge in [0, 0.05) is 35.5 Å². The number of hydrogen-bond donors (Lipinski definition) is 3. The molecule has 3 aromatic rings. The van der Waals surface area contributed by atoms with Crippen LogP contribution in [-0.2, 0) is 9.59 Å². The van der Waals surface area contributed by atoms with Crippen LogP contribution in [0.4, 0.5) is 5.69 Å². The summed E-state index contributed by atoms with van der Waals surface area (Å²) < 4.78 is 5.33. The maximum Gasteiger partial charge on any atom is 0.371 e.